The van der Waals surface area contributed by atoms with Crippen molar-refractivity contribution in [1.82, 2.24) is 16.0 Å². The van der Waals surface area contributed by atoms with E-state index in [1.165, 1.54) is 23.3 Å². The molecule has 0 spiro atoms. The van der Waals surface area contributed by atoms with Crippen molar-refractivity contribution in [3.63, 3.8) is 0 Å². The van der Waals surface area contributed by atoms with Gasteiger partial charge in [-0.2, -0.15) is 5.12 Å². The Labute approximate surface area is 153 Å². The Morgan fingerprint density at radius 2 is 1.81 bits per heavy atom. The number of fused-ring (bicyclic) bond motifs is 1. The minimum absolute atomic E-state index is 0.0630. The van der Waals surface area contributed by atoms with Crippen molar-refractivity contribution in [2.24, 2.45) is 0 Å². The van der Waals surface area contributed by atoms with Crippen molar-refractivity contribution in [3.8, 4) is 5.75 Å². The first-order valence-electron chi connectivity index (χ1n) is 8.75. The average molecular weight is 356 g/mol. The van der Waals surface area contributed by atoms with Gasteiger partial charge in [-0.25, -0.2) is 10.9 Å². The summed E-state index contributed by atoms with van der Waals surface area (Å²) in [4.78, 5) is 10.4. The zero-order valence-electron chi connectivity index (χ0n) is 15.0. The van der Waals surface area contributed by atoms with Crippen LogP contribution < -0.4 is 15.6 Å². The smallest absolute Gasteiger partial charge is 0.269 e. The van der Waals surface area contributed by atoms with Crippen LogP contribution in [0.15, 0.2) is 48.5 Å². The molecule has 26 heavy (non-hydrogen) atoms. The van der Waals surface area contributed by atoms with Crippen LogP contribution in [0.4, 0.5) is 5.69 Å². The van der Waals surface area contributed by atoms with Crippen LogP contribution in [0.25, 0.3) is 0 Å². The monoisotopic (exact) mass is 356 g/mol. The summed E-state index contributed by atoms with van der Waals surface area (Å²) in [6, 6.07) is 14.9. The molecule has 138 valence electrons. The Morgan fingerprint density at radius 3 is 2.46 bits per heavy atom. The second kappa shape index (κ2) is 8.27. The van der Waals surface area contributed by atoms with Gasteiger partial charge in [0, 0.05) is 38.7 Å². The molecule has 7 nitrogen and oxygen atoms in total. The largest absolute Gasteiger partial charge is 0.486 e. The molecule has 0 heterocycles. The molecule has 0 saturated heterocycles. The zero-order chi connectivity index (χ0) is 18.5. The number of nitro benzene ring substituents is 1. The van der Waals surface area contributed by atoms with Crippen LogP contribution in [0.5, 0.6) is 5.75 Å². The van der Waals surface area contributed by atoms with Gasteiger partial charge in [0.1, 0.15) is 11.9 Å². The third-order valence-electron chi connectivity index (χ3n) is 4.81. The molecular formula is C19H24N4O3. The number of nitrogens with one attached hydrogen (secondary N) is 2. The lowest BCUT2D eigenvalue weighted by atomic mass is 10.0. The Kier molecular flexibility index (Phi) is 5.82. The number of ether oxygens (including phenoxy) is 1. The first kappa shape index (κ1) is 18.3. The molecule has 2 unspecified atom stereocenters. The molecule has 0 bridgehead atoms. The van der Waals surface area contributed by atoms with E-state index in [1.807, 2.05) is 25.3 Å². The normalized spacial score (nSPS) is 19.7. The van der Waals surface area contributed by atoms with Gasteiger partial charge in [-0.15, -0.1) is 0 Å². The Balaban J connectivity index is 1.86. The molecule has 2 N–H and O–H groups in total. The third kappa shape index (κ3) is 4.01. The van der Waals surface area contributed by atoms with E-state index in [-0.39, 0.29) is 17.8 Å². The van der Waals surface area contributed by atoms with E-state index in [4.69, 9.17) is 4.74 Å². The van der Waals surface area contributed by atoms with Crippen LogP contribution in [0, 0.1) is 10.1 Å². The highest BCUT2D eigenvalue weighted by molar-refractivity contribution is 5.37. The maximum Gasteiger partial charge on any atom is 0.269 e. The van der Waals surface area contributed by atoms with Gasteiger partial charge in [0.15, 0.2) is 0 Å². The summed E-state index contributed by atoms with van der Waals surface area (Å²) in [5.74, 6) is 0.636. The Bertz CT molecular complexity index is 747. The quantitative estimate of drug-likeness (QED) is 0.471. The van der Waals surface area contributed by atoms with Crippen molar-refractivity contribution in [2.75, 3.05) is 14.1 Å². The fraction of sp³-hybridized carbons (Fsp3) is 0.368. The minimum atomic E-state index is -0.404. The summed E-state index contributed by atoms with van der Waals surface area (Å²) in [7, 11) is 3.78. The molecule has 7 heteroatoms. The van der Waals surface area contributed by atoms with Gasteiger partial charge in [0.2, 0.25) is 0 Å². The molecule has 0 saturated carbocycles. The van der Waals surface area contributed by atoms with Crippen molar-refractivity contribution >= 4 is 5.69 Å². The van der Waals surface area contributed by atoms with Crippen LogP contribution in [-0.2, 0) is 6.42 Å². The van der Waals surface area contributed by atoms with E-state index in [1.54, 1.807) is 12.1 Å². The number of nitro groups is 1. The molecule has 2 aromatic rings. The highest BCUT2D eigenvalue weighted by Gasteiger charge is 2.29. The Hall–Kier alpha value is -2.48. The van der Waals surface area contributed by atoms with E-state index in [0.717, 1.165) is 19.3 Å². The molecule has 0 fully saturated rings. The number of benzene rings is 2. The van der Waals surface area contributed by atoms with Gasteiger partial charge < -0.3 is 4.74 Å². The number of rotatable bonds is 6. The van der Waals surface area contributed by atoms with Crippen LogP contribution in [-0.4, -0.2) is 30.2 Å². The van der Waals surface area contributed by atoms with E-state index >= 15 is 0 Å². The predicted molar refractivity (Wildman–Crippen MR) is 99.6 cm³/mol. The molecule has 1 aliphatic carbocycles. The maximum absolute atomic E-state index is 10.8. The summed E-state index contributed by atoms with van der Waals surface area (Å²) in [5.41, 5.74) is 8.87. The summed E-state index contributed by atoms with van der Waals surface area (Å²) < 4.78 is 6.26. The number of aryl methyl sites for hydroxylation is 1. The van der Waals surface area contributed by atoms with Gasteiger partial charge in [-0.1, -0.05) is 24.3 Å². The van der Waals surface area contributed by atoms with E-state index < -0.39 is 4.92 Å². The molecule has 1 aliphatic rings. The molecule has 0 radical (unpaired) electrons. The average Bonchev–Trinajstić information content (AvgIpc) is 2.84. The highest BCUT2D eigenvalue weighted by Crippen LogP contribution is 2.34. The lowest BCUT2D eigenvalue weighted by molar-refractivity contribution is -0.384. The van der Waals surface area contributed by atoms with Crippen molar-refractivity contribution in [3.05, 3.63) is 69.8 Å². The Morgan fingerprint density at radius 1 is 1.12 bits per heavy atom. The molecule has 2 atom stereocenters. The number of nitrogens with zero attached hydrogens (tertiary/aromatic N) is 2. The minimum Gasteiger partial charge on any atom is -0.486 e. The van der Waals surface area contributed by atoms with Crippen LogP contribution >= 0.6 is 0 Å². The van der Waals surface area contributed by atoms with Gasteiger partial charge >= 0.3 is 0 Å². The fourth-order valence-electron chi connectivity index (χ4n) is 3.52. The molecule has 2 aromatic carbocycles. The second-order valence-corrected chi connectivity index (χ2v) is 6.30. The van der Waals surface area contributed by atoms with Gasteiger partial charge in [-0.3, -0.25) is 10.1 Å². The molecule has 0 aromatic heterocycles. The summed E-state index contributed by atoms with van der Waals surface area (Å²) in [5, 5.41) is 12.8. The highest BCUT2D eigenvalue weighted by atomic mass is 16.6. The molecule has 0 amide bonds. The van der Waals surface area contributed by atoms with Crippen LogP contribution in [0.1, 0.15) is 30.1 Å². The predicted octanol–water partition coefficient (Wildman–Crippen LogP) is 2.99. The third-order valence-corrected chi connectivity index (χ3v) is 4.81. The van der Waals surface area contributed by atoms with E-state index in [2.05, 4.69) is 29.1 Å². The fourth-order valence-corrected chi connectivity index (χ4v) is 3.52. The first-order valence-corrected chi connectivity index (χ1v) is 8.75. The summed E-state index contributed by atoms with van der Waals surface area (Å²) in [6.07, 6.45) is 2.65. The van der Waals surface area contributed by atoms with Gasteiger partial charge in [0.25, 0.3) is 5.69 Å². The number of hydrogen-bond donors (Lipinski definition) is 2. The topological polar surface area (TPSA) is 79.7 Å². The lowest BCUT2D eigenvalue weighted by Gasteiger charge is -2.31. The zero-order valence-corrected chi connectivity index (χ0v) is 15.0. The molecular weight excluding hydrogens is 332 g/mol. The van der Waals surface area contributed by atoms with Crippen LogP contribution in [0.3, 0.4) is 0 Å². The van der Waals surface area contributed by atoms with E-state index in [9.17, 15) is 10.1 Å². The standard InChI is InChI=1S/C19H24N4O3/c1-20-22(21-2)16-8-7-14-5-3-4-6-18(14)19(13-16)26-17-11-9-15(10-12-17)23(24)25/h3-6,9-12,16,19-21H,7-8,13H2,1-2H3. The van der Waals surface area contributed by atoms with Gasteiger partial charge in [0.05, 0.1) is 4.92 Å². The number of non-ortho nitro benzene ring substituents is 1. The molecule has 0 aliphatic heterocycles. The van der Waals surface area contributed by atoms with Crippen LogP contribution in [0.2, 0.25) is 0 Å². The summed E-state index contributed by atoms with van der Waals surface area (Å²) >= 11 is 0. The SMILES string of the molecule is CNN(NC)C1CCc2ccccc2C(Oc2ccc([N+](=O)[O-])cc2)C1. The lowest BCUT2D eigenvalue weighted by Crippen LogP contribution is -2.51. The van der Waals surface area contributed by atoms with Gasteiger partial charge in [-0.05, 0) is 36.1 Å². The van der Waals surface area contributed by atoms with Crippen molar-refractivity contribution in [1.29, 1.82) is 0 Å². The van der Waals surface area contributed by atoms with Crippen molar-refractivity contribution in [2.45, 2.75) is 31.4 Å². The van der Waals surface area contributed by atoms with Crippen molar-refractivity contribution < 1.29 is 9.66 Å². The maximum atomic E-state index is 10.8. The first-order chi connectivity index (χ1) is 12.6. The van der Waals surface area contributed by atoms with E-state index in [0.29, 0.717) is 5.75 Å². The molecule has 3 rings (SSSR count). The number of hydrogen-bond acceptors (Lipinski definition) is 6. The number of hydrazine groups is 2. The summed E-state index contributed by atoms with van der Waals surface area (Å²) in [6.45, 7) is 0. The second-order valence-electron chi connectivity index (χ2n) is 6.30.